The largest absolute Gasteiger partial charge is 0.416 e. The number of carbonyl (C=O) groups excluding carboxylic acids is 1. The van der Waals surface area contributed by atoms with Crippen LogP contribution in [-0.4, -0.2) is 25.5 Å². The van der Waals surface area contributed by atoms with Gasteiger partial charge < -0.3 is 5.32 Å². The second-order valence-corrected chi connectivity index (χ2v) is 8.05. The average Bonchev–Trinajstić information content (AvgIpc) is 3.17. The first-order chi connectivity index (χ1) is 16.6. The van der Waals surface area contributed by atoms with Gasteiger partial charge in [-0.2, -0.15) is 23.4 Å². The Morgan fingerprint density at radius 3 is 2.40 bits per heavy atom. The number of aromatic nitrogens is 4. The number of nitrogens with zero attached hydrogens (tertiary/aromatic N) is 4. The Balaban J connectivity index is 1.42. The van der Waals surface area contributed by atoms with Crippen LogP contribution in [0.15, 0.2) is 59.5 Å². The minimum atomic E-state index is -4.48. The molecule has 0 radical (unpaired) electrons. The van der Waals surface area contributed by atoms with Gasteiger partial charge in [-0.05, 0) is 48.4 Å². The average molecular weight is 508 g/mol. The van der Waals surface area contributed by atoms with E-state index in [0.717, 1.165) is 22.4 Å². The fraction of sp³-hybridized carbons (Fsp3) is 0.217. The summed E-state index contributed by atoms with van der Waals surface area (Å²) in [7, 11) is 0. The lowest BCUT2D eigenvalue weighted by Crippen LogP contribution is -2.26. The molecule has 1 amide bonds. The smallest absolute Gasteiger partial charge is 0.352 e. The second kappa shape index (κ2) is 9.87. The van der Waals surface area contributed by atoms with E-state index in [9.17, 15) is 27.2 Å². The van der Waals surface area contributed by atoms with Crippen LogP contribution in [0.1, 0.15) is 24.0 Å². The third kappa shape index (κ3) is 5.51. The molecule has 0 unspecified atom stereocenters. The zero-order valence-electron chi connectivity index (χ0n) is 18.0. The van der Waals surface area contributed by atoms with Gasteiger partial charge in [0.05, 0.1) is 22.8 Å². The molecule has 0 aliphatic rings. The summed E-state index contributed by atoms with van der Waals surface area (Å²) < 4.78 is 53.7. The molecule has 0 fully saturated rings. The molecular weight excluding hydrogens is 490 g/mol. The summed E-state index contributed by atoms with van der Waals surface area (Å²) in [5.41, 5.74) is -0.348. The molecule has 0 saturated carbocycles. The molecule has 2 aromatic carbocycles. The van der Waals surface area contributed by atoms with Crippen LogP contribution in [0.5, 0.6) is 0 Å². The van der Waals surface area contributed by atoms with Gasteiger partial charge in [-0.25, -0.2) is 13.8 Å². The molecule has 4 aromatic rings. The lowest BCUT2D eigenvalue weighted by molar-refractivity contribution is -0.137. The molecule has 4 rings (SSSR count). The van der Waals surface area contributed by atoms with Crippen LogP contribution >= 0.6 is 11.6 Å². The summed E-state index contributed by atoms with van der Waals surface area (Å²) in [6, 6.07) is 9.97. The Morgan fingerprint density at radius 1 is 1.06 bits per heavy atom. The monoisotopic (exact) mass is 507 g/mol. The molecule has 35 heavy (non-hydrogen) atoms. The van der Waals surface area contributed by atoms with Crippen molar-refractivity contribution in [3.05, 3.63) is 87.2 Å². The van der Waals surface area contributed by atoms with Gasteiger partial charge in [0, 0.05) is 19.5 Å². The molecule has 0 saturated heterocycles. The molecule has 1 N–H and O–H groups in total. The van der Waals surface area contributed by atoms with Crippen molar-refractivity contribution in [1.29, 1.82) is 0 Å². The molecule has 12 heteroatoms. The van der Waals surface area contributed by atoms with Crippen molar-refractivity contribution in [2.45, 2.75) is 32.1 Å². The number of hydrogen-bond acceptors (Lipinski definition) is 4. The highest BCUT2D eigenvalue weighted by molar-refractivity contribution is 6.34. The molecule has 2 heterocycles. The molecular formula is C23H18ClF4N5O2. The van der Waals surface area contributed by atoms with Crippen molar-refractivity contribution in [2.24, 2.45) is 0 Å². The van der Waals surface area contributed by atoms with E-state index in [-0.39, 0.29) is 53.0 Å². The van der Waals surface area contributed by atoms with Gasteiger partial charge in [-0.15, -0.1) is 0 Å². The number of nitrogens with one attached hydrogen (secondary N) is 1. The Bertz CT molecular complexity index is 1410. The van der Waals surface area contributed by atoms with Crippen LogP contribution in [0.2, 0.25) is 5.15 Å². The zero-order chi connectivity index (χ0) is 25.2. The van der Waals surface area contributed by atoms with Crippen LogP contribution in [0, 0.1) is 5.82 Å². The summed E-state index contributed by atoms with van der Waals surface area (Å²) in [5, 5.41) is 11.3. The number of benzene rings is 2. The van der Waals surface area contributed by atoms with Gasteiger partial charge in [-0.3, -0.25) is 9.59 Å². The maximum atomic E-state index is 12.9. The van der Waals surface area contributed by atoms with Crippen LogP contribution in [0.3, 0.4) is 0 Å². The van der Waals surface area contributed by atoms with E-state index in [2.05, 4.69) is 15.5 Å². The van der Waals surface area contributed by atoms with E-state index in [1.54, 1.807) is 12.1 Å². The van der Waals surface area contributed by atoms with Crippen molar-refractivity contribution < 1.29 is 22.4 Å². The normalized spacial score (nSPS) is 11.7. The van der Waals surface area contributed by atoms with Crippen LogP contribution in [0.25, 0.3) is 16.6 Å². The van der Waals surface area contributed by atoms with Crippen molar-refractivity contribution in [3.8, 4) is 5.69 Å². The summed E-state index contributed by atoms with van der Waals surface area (Å²) >= 11 is 6.30. The number of hydrogen-bond donors (Lipinski definition) is 1. The highest BCUT2D eigenvalue weighted by Gasteiger charge is 2.30. The Labute approximate surface area is 200 Å². The van der Waals surface area contributed by atoms with Gasteiger partial charge in [0.2, 0.25) is 5.91 Å². The number of aryl methyl sites for hydroxylation is 1. The Kier molecular flexibility index (Phi) is 6.88. The summed E-state index contributed by atoms with van der Waals surface area (Å²) in [6.45, 7) is 0.395. The van der Waals surface area contributed by atoms with Crippen LogP contribution in [0.4, 0.5) is 17.6 Å². The molecule has 2 aromatic heterocycles. The standard InChI is InChI=1S/C23H18ClF4N5O2/c24-21-18-13-30-32(11-1-2-19(34)29-12-14-3-7-16(25)8-4-14)22(35)20(18)31-33(21)17-9-5-15(6-10-17)23(26,27)28/h3-10,13H,1-2,11-12H2,(H,29,34). The molecule has 7 nitrogen and oxygen atoms in total. The maximum Gasteiger partial charge on any atom is 0.416 e. The number of fused-ring (bicyclic) bond motifs is 1. The van der Waals surface area contributed by atoms with Crippen molar-refractivity contribution in [1.82, 2.24) is 24.9 Å². The van der Waals surface area contributed by atoms with Crippen molar-refractivity contribution in [2.75, 3.05) is 0 Å². The molecule has 0 atom stereocenters. The van der Waals surface area contributed by atoms with E-state index < -0.39 is 17.3 Å². The van der Waals surface area contributed by atoms with E-state index >= 15 is 0 Å². The first kappa shape index (κ1) is 24.4. The summed E-state index contributed by atoms with van der Waals surface area (Å²) in [5.74, 6) is -0.599. The van der Waals surface area contributed by atoms with E-state index in [0.29, 0.717) is 6.42 Å². The fourth-order valence-electron chi connectivity index (χ4n) is 3.39. The van der Waals surface area contributed by atoms with E-state index in [1.165, 1.54) is 35.1 Å². The van der Waals surface area contributed by atoms with Gasteiger partial charge in [0.25, 0.3) is 5.56 Å². The predicted molar refractivity (Wildman–Crippen MR) is 121 cm³/mol. The number of alkyl halides is 3. The third-order valence-electron chi connectivity index (χ3n) is 5.24. The fourth-order valence-corrected chi connectivity index (χ4v) is 3.66. The minimum Gasteiger partial charge on any atom is -0.352 e. The molecule has 182 valence electrons. The first-order valence-electron chi connectivity index (χ1n) is 10.5. The summed E-state index contributed by atoms with van der Waals surface area (Å²) in [6.07, 6.45) is -2.68. The third-order valence-corrected chi connectivity index (χ3v) is 5.61. The van der Waals surface area contributed by atoms with Gasteiger partial charge in [0.15, 0.2) is 5.52 Å². The summed E-state index contributed by atoms with van der Waals surface area (Å²) in [4.78, 5) is 24.9. The predicted octanol–water partition coefficient (Wildman–Crippen LogP) is 4.49. The quantitative estimate of drug-likeness (QED) is 0.374. The highest BCUT2D eigenvalue weighted by atomic mass is 35.5. The SMILES string of the molecule is O=C(CCCn1ncc2c(Cl)n(-c3ccc(C(F)(F)F)cc3)nc2c1=O)NCc1ccc(F)cc1. The first-order valence-corrected chi connectivity index (χ1v) is 10.8. The number of rotatable bonds is 7. The highest BCUT2D eigenvalue weighted by Crippen LogP contribution is 2.30. The van der Waals surface area contributed by atoms with E-state index in [1.807, 2.05) is 0 Å². The minimum absolute atomic E-state index is 0.00524. The topological polar surface area (TPSA) is 81.8 Å². The Hall–Kier alpha value is -3.73. The van der Waals surface area contributed by atoms with Crippen LogP contribution < -0.4 is 10.9 Å². The maximum absolute atomic E-state index is 12.9. The lowest BCUT2D eigenvalue weighted by atomic mass is 10.2. The van der Waals surface area contributed by atoms with Gasteiger partial charge in [0.1, 0.15) is 11.0 Å². The molecule has 0 bridgehead atoms. The number of amides is 1. The van der Waals surface area contributed by atoms with Gasteiger partial charge in [-0.1, -0.05) is 23.7 Å². The van der Waals surface area contributed by atoms with Gasteiger partial charge >= 0.3 is 6.18 Å². The van der Waals surface area contributed by atoms with E-state index in [4.69, 9.17) is 11.6 Å². The van der Waals surface area contributed by atoms with Crippen molar-refractivity contribution in [3.63, 3.8) is 0 Å². The number of halogens is 5. The van der Waals surface area contributed by atoms with Crippen LogP contribution in [-0.2, 0) is 24.1 Å². The molecule has 0 spiro atoms. The Morgan fingerprint density at radius 2 is 1.74 bits per heavy atom. The molecule has 0 aliphatic carbocycles. The number of carbonyl (C=O) groups is 1. The zero-order valence-corrected chi connectivity index (χ0v) is 18.8. The second-order valence-electron chi connectivity index (χ2n) is 7.69. The lowest BCUT2D eigenvalue weighted by Gasteiger charge is -2.08. The molecule has 0 aliphatic heterocycles. The van der Waals surface area contributed by atoms with Crippen molar-refractivity contribution >= 4 is 28.4 Å².